The molecule has 0 aliphatic carbocycles. The Morgan fingerprint density at radius 2 is 1.85 bits per heavy atom. The highest BCUT2D eigenvalue weighted by molar-refractivity contribution is 6.35. The summed E-state index contributed by atoms with van der Waals surface area (Å²) in [5.41, 5.74) is 3.15. The Bertz CT molecular complexity index is 1020. The molecule has 6 nitrogen and oxygen atoms in total. The van der Waals surface area contributed by atoms with Crippen LogP contribution in [0.15, 0.2) is 24.4 Å². The van der Waals surface area contributed by atoms with Gasteiger partial charge in [0.15, 0.2) is 6.10 Å². The van der Waals surface area contributed by atoms with Crippen LogP contribution in [0, 0.1) is 12.3 Å². The van der Waals surface area contributed by atoms with E-state index in [0.29, 0.717) is 22.0 Å². The number of carbonyl (C=O) groups is 1. The number of benzene rings is 1. The molecule has 1 aromatic heterocycles. The topological polar surface area (TPSA) is 71.9 Å². The highest BCUT2D eigenvalue weighted by atomic mass is 35.5. The van der Waals surface area contributed by atoms with Crippen molar-refractivity contribution in [3.63, 3.8) is 0 Å². The van der Waals surface area contributed by atoms with Crippen molar-refractivity contribution in [1.82, 2.24) is 4.98 Å². The third-order valence-electron chi connectivity index (χ3n) is 6.15. The lowest BCUT2D eigenvalue weighted by Crippen LogP contribution is -2.39. The van der Waals surface area contributed by atoms with Crippen LogP contribution in [0.4, 0.5) is 5.69 Å². The molecule has 1 saturated heterocycles. The first-order chi connectivity index (χ1) is 15.3. The molecule has 1 aromatic carbocycles. The van der Waals surface area contributed by atoms with Gasteiger partial charge < -0.3 is 19.5 Å². The van der Waals surface area contributed by atoms with Crippen molar-refractivity contribution in [3.8, 4) is 16.9 Å². The summed E-state index contributed by atoms with van der Waals surface area (Å²) in [6, 6.07) is 5.60. The highest BCUT2D eigenvalue weighted by Crippen LogP contribution is 2.46. The standard InChI is InChI=1S/C26H35ClN2O4/c1-16-20(23(24(30)31)33-25(2,3)4)22(29-13-11-26(5,6)12-14-29)18(15-28-16)17-9-8-10-19(32-7)21(17)27/h8-10,15,23H,11-14H2,1-7H3,(H,30,31). The third-order valence-corrected chi connectivity index (χ3v) is 6.54. The van der Waals surface area contributed by atoms with Crippen molar-refractivity contribution in [1.29, 1.82) is 0 Å². The molecule has 1 aliphatic rings. The predicted molar refractivity (Wildman–Crippen MR) is 132 cm³/mol. The zero-order valence-electron chi connectivity index (χ0n) is 20.7. The van der Waals surface area contributed by atoms with E-state index in [9.17, 15) is 9.90 Å². The number of carboxylic acid groups (broad SMARTS) is 1. The van der Waals surface area contributed by atoms with E-state index in [0.717, 1.165) is 42.7 Å². The van der Waals surface area contributed by atoms with Crippen molar-refractivity contribution in [2.45, 2.75) is 66.1 Å². The minimum atomic E-state index is -1.16. The van der Waals surface area contributed by atoms with E-state index in [2.05, 4.69) is 23.7 Å². The van der Waals surface area contributed by atoms with Crippen molar-refractivity contribution >= 4 is 23.3 Å². The molecule has 0 spiro atoms. The molecular formula is C26H35ClN2O4. The maximum Gasteiger partial charge on any atom is 0.337 e. The number of aromatic nitrogens is 1. The monoisotopic (exact) mass is 474 g/mol. The van der Waals surface area contributed by atoms with Gasteiger partial charge in [-0.25, -0.2) is 4.79 Å². The molecule has 2 heterocycles. The van der Waals surface area contributed by atoms with Crippen LogP contribution in [-0.4, -0.2) is 41.9 Å². The lowest BCUT2D eigenvalue weighted by atomic mass is 9.82. The number of carboxylic acids is 1. The van der Waals surface area contributed by atoms with Gasteiger partial charge in [-0.05, 0) is 52.0 Å². The van der Waals surface area contributed by atoms with E-state index >= 15 is 0 Å². The second-order valence-corrected chi connectivity index (χ2v) is 10.8. The number of anilines is 1. The van der Waals surface area contributed by atoms with Crippen LogP contribution in [0.1, 0.15) is 64.8 Å². The molecule has 7 heteroatoms. The molecule has 0 saturated carbocycles. The second kappa shape index (κ2) is 9.51. The minimum absolute atomic E-state index is 0.237. The Kier molecular flexibility index (Phi) is 7.30. The van der Waals surface area contributed by atoms with Gasteiger partial charge in [0.1, 0.15) is 5.75 Å². The number of aliphatic carboxylic acids is 1. The fraction of sp³-hybridized carbons (Fsp3) is 0.538. The third kappa shape index (κ3) is 5.61. The summed E-state index contributed by atoms with van der Waals surface area (Å²) in [5.74, 6) is -0.481. The van der Waals surface area contributed by atoms with Gasteiger partial charge in [-0.1, -0.05) is 37.6 Å². The van der Waals surface area contributed by atoms with E-state index in [1.54, 1.807) is 19.4 Å². The number of rotatable bonds is 6. The van der Waals surface area contributed by atoms with Crippen LogP contribution in [0.25, 0.3) is 11.1 Å². The van der Waals surface area contributed by atoms with Gasteiger partial charge in [0.2, 0.25) is 0 Å². The van der Waals surface area contributed by atoms with E-state index in [-0.39, 0.29) is 5.41 Å². The average Bonchev–Trinajstić information content (AvgIpc) is 2.72. The first-order valence-electron chi connectivity index (χ1n) is 11.3. The first-order valence-corrected chi connectivity index (χ1v) is 11.7. The minimum Gasteiger partial charge on any atom is -0.495 e. The van der Waals surface area contributed by atoms with Crippen molar-refractivity contribution < 1.29 is 19.4 Å². The molecule has 1 aliphatic heterocycles. The number of halogens is 1. The summed E-state index contributed by atoms with van der Waals surface area (Å²) in [5, 5.41) is 10.7. The van der Waals surface area contributed by atoms with Gasteiger partial charge in [0.05, 0.1) is 23.4 Å². The lowest BCUT2D eigenvalue weighted by molar-refractivity contribution is -0.160. The fourth-order valence-corrected chi connectivity index (χ4v) is 4.56. The molecule has 1 N–H and O–H groups in total. The summed E-state index contributed by atoms with van der Waals surface area (Å²) < 4.78 is 11.5. The van der Waals surface area contributed by atoms with Crippen LogP contribution in [0.5, 0.6) is 5.75 Å². The summed E-state index contributed by atoms with van der Waals surface area (Å²) in [7, 11) is 1.58. The Labute approximate surface area is 201 Å². The molecule has 3 rings (SSSR count). The smallest absolute Gasteiger partial charge is 0.337 e. The van der Waals surface area contributed by atoms with Gasteiger partial charge >= 0.3 is 5.97 Å². The molecule has 1 unspecified atom stereocenters. The second-order valence-electron chi connectivity index (χ2n) is 10.4. The number of aryl methyl sites for hydroxylation is 1. The normalized spacial score (nSPS) is 17.0. The quantitative estimate of drug-likeness (QED) is 0.530. The molecule has 1 fully saturated rings. The molecule has 1 atom stereocenters. The number of hydrogen-bond donors (Lipinski definition) is 1. The number of methoxy groups -OCH3 is 1. The zero-order chi connectivity index (χ0) is 24.6. The van der Waals surface area contributed by atoms with Crippen molar-refractivity contribution in [3.05, 3.63) is 40.7 Å². The van der Waals surface area contributed by atoms with Gasteiger partial charge in [0, 0.05) is 41.7 Å². The number of hydrogen-bond acceptors (Lipinski definition) is 5. The number of pyridine rings is 1. The Morgan fingerprint density at radius 3 is 2.39 bits per heavy atom. The summed E-state index contributed by atoms with van der Waals surface area (Å²) in [6.07, 6.45) is 2.62. The van der Waals surface area contributed by atoms with Gasteiger partial charge in [-0.2, -0.15) is 0 Å². The van der Waals surface area contributed by atoms with E-state index in [1.807, 2.05) is 39.8 Å². The predicted octanol–water partition coefficient (Wildman–Crippen LogP) is 6.29. The molecule has 0 radical (unpaired) electrons. The maximum atomic E-state index is 12.5. The van der Waals surface area contributed by atoms with Crippen molar-refractivity contribution in [2.24, 2.45) is 5.41 Å². The summed E-state index contributed by atoms with van der Waals surface area (Å²) >= 11 is 6.72. The molecule has 180 valence electrons. The van der Waals surface area contributed by atoms with Gasteiger partial charge in [0.25, 0.3) is 0 Å². The molecule has 0 amide bonds. The maximum absolute atomic E-state index is 12.5. The zero-order valence-corrected chi connectivity index (χ0v) is 21.4. The molecular weight excluding hydrogens is 440 g/mol. The van der Waals surface area contributed by atoms with Crippen LogP contribution < -0.4 is 9.64 Å². The van der Waals surface area contributed by atoms with Crippen LogP contribution >= 0.6 is 11.6 Å². The lowest BCUT2D eigenvalue weighted by Gasteiger charge is -2.41. The Hall–Kier alpha value is -2.31. The molecule has 0 bridgehead atoms. The Balaban J connectivity index is 2.29. The Morgan fingerprint density at radius 1 is 1.21 bits per heavy atom. The number of piperidine rings is 1. The highest BCUT2D eigenvalue weighted by Gasteiger charge is 2.36. The molecule has 33 heavy (non-hydrogen) atoms. The first kappa shape index (κ1) is 25.3. The summed E-state index contributed by atoms with van der Waals surface area (Å²) in [6.45, 7) is 13.6. The van der Waals surface area contributed by atoms with E-state index in [1.165, 1.54) is 0 Å². The fourth-order valence-electron chi connectivity index (χ4n) is 4.26. The van der Waals surface area contributed by atoms with E-state index < -0.39 is 17.7 Å². The van der Waals surface area contributed by atoms with Crippen LogP contribution in [0.2, 0.25) is 5.02 Å². The molecule has 2 aromatic rings. The van der Waals surface area contributed by atoms with Gasteiger partial charge in [-0.15, -0.1) is 0 Å². The van der Waals surface area contributed by atoms with Crippen LogP contribution in [-0.2, 0) is 9.53 Å². The largest absolute Gasteiger partial charge is 0.495 e. The van der Waals surface area contributed by atoms with E-state index in [4.69, 9.17) is 21.1 Å². The summed E-state index contributed by atoms with van der Waals surface area (Å²) in [4.78, 5) is 19.3. The SMILES string of the molecule is COc1cccc(-c2cnc(C)c(C(OC(C)(C)C)C(=O)O)c2N2CCC(C)(C)CC2)c1Cl. The average molecular weight is 475 g/mol. The van der Waals surface area contributed by atoms with Crippen molar-refractivity contribution in [2.75, 3.05) is 25.1 Å². The number of nitrogens with zero attached hydrogens (tertiary/aromatic N) is 2. The van der Waals surface area contributed by atoms with Crippen LogP contribution in [0.3, 0.4) is 0 Å². The van der Waals surface area contributed by atoms with Gasteiger partial charge in [-0.3, -0.25) is 4.98 Å². The number of ether oxygens (including phenoxy) is 2.